The van der Waals surface area contributed by atoms with Crippen LogP contribution in [0, 0.1) is 13.8 Å². The Morgan fingerprint density at radius 3 is 1.62 bits per heavy atom. The molecular formula is C39H50N3O20S6+. The van der Waals surface area contributed by atoms with Crippen molar-refractivity contribution in [3.63, 3.8) is 0 Å². The zero-order chi connectivity index (χ0) is 51.5. The van der Waals surface area contributed by atoms with Gasteiger partial charge in [0.1, 0.15) is 12.2 Å². The number of nitrogens with zero attached hydrogens (tertiary/aromatic N) is 3. The quantitative estimate of drug-likeness (QED) is 0.0259. The summed E-state index contributed by atoms with van der Waals surface area (Å²) in [6.07, 6.45) is 3.96. The van der Waals surface area contributed by atoms with E-state index in [0.717, 1.165) is 24.3 Å². The molecule has 29 heteroatoms. The average molecular weight is 1070 g/mol. The molecule has 3 rings (SSSR count). The zero-order valence-corrected chi connectivity index (χ0v) is 41.1. The van der Waals surface area contributed by atoms with Crippen LogP contribution in [0.25, 0.3) is 5.57 Å². The Bertz CT molecular complexity index is 3180. The Morgan fingerprint density at radius 1 is 0.603 bits per heavy atom. The second-order valence-electron chi connectivity index (χ2n) is 15.0. The van der Waals surface area contributed by atoms with Gasteiger partial charge in [-0.1, -0.05) is 12.1 Å². The first kappa shape index (κ1) is 57.5. The molecule has 0 atom stereocenters. The number of aryl methyl sites for hydroxylation is 2. The van der Waals surface area contributed by atoms with E-state index in [4.69, 9.17) is 0 Å². The van der Waals surface area contributed by atoms with Crippen molar-refractivity contribution >= 4 is 89.3 Å². The third-order valence-corrected chi connectivity index (χ3v) is 14.5. The lowest BCUT2D eigenvalue weighted by atomic mass is 10.1. The van der Waals surface area contributed by atoms with Crippen LogP contribution < -0.4 is 4.90 Å². The van der Waals surface area contributed by atoms with E-state index in [9.17, 15) is 87.7 Å². The summed E-state index contributed by atoms with van der Waals surface area (Å²) in [5.74, 6) is -4.54. The van der Waals surface area contributed by atoms with Gasteiger partial charge in [-0.25, -0.2) is 9.78 Å². The summed E-state index contributed by atoms with van der Waals surface area (Å²) < 4.78 is 201. The number of pyridine rings is 1. The molecule has 2 aromatic carbocycles. The fourth-order valence-corrected chi connectivity index (χ4v) is 9.77. The molecule has 0 saturated heterocycles. The minimum atomic E-state index is -4.72. The molecule has 0 saturated carbocycles. The van der Waals surface area contributed by atoms with Gasteiger partial charge in [-0.3, -0.25) is 27.3 Å². The van der Waals surface area contributed by atoms with E-state index in [0.29, 0.717) is 0 Å². The van der Waals surface area contributed by atoms with Crippen LogP contribution >= 0.6 is 0 Å². The second kappa shape index (κ2) is 23.7. The highest BCUT2D eigenvalue weighted by Gasteiger charge is 2.24. The van der Waals surface area contributed by atoms with Crippen LogP contribution in [-0.2, 0) is 60.7 Å². The Balaban J connectivity index is 2.51. The fraction of sp³-hybridized carbons (Fsp3) is 0.359. The second-order valence-corrected chi connectivity index (χ2v) is 24.2. The van der Waals surface area contributed by atoms with Crippen LogP contribution in [0.5, 0.6) is 0 Å². The average Bonchev–Trinajstić information content (AvgIpc) is 3.18. The lowest BCUT2D eigenvalue weighted by Gasteiger charge is -2.29. The summed E-state index contributed by atoms with van der Waals surface area (Å²) in [4.78, 5) is 16.7. The molecule has 23 nitrogen and oxygen atoms in total. The van der Waals surface area contributed by atoms with Crippen molar-refractivity contribution in [2.75, 3.05) is 41.0 Å². The van der Waals surface area contributed by atoms with Crippen molar-refractivity contribution < 1.29 is 92.3 Å². The Morgan fingerprint density at radius 2 is 1.10 bits per heavy atom. The molecule has 68 heavy (non-hydrogen) atoms. The highest BCUT2D eigenvalue weighted by atomic mass is 32.2. The molecule has 0 radical (unpaired) electrons. The number of allylic oxidation sites excluding steroid dienone is 6. The number of rotatable bonds is 26. The highest BCUT2D eigenvalue weighted by Crippen LogP contribution is 2.30. The maximum Gasteiger partial charge on any atom is 0.354 e. The van der Waals surface area contributed by atoms with E-state index in [1.54, 1.807) is 0 Å². The number of carboxylic acid groups (broad SMARTS) is 1. The third kappa shape index (κ3) is 20.0. The molecule has 0 aliphatic carbocycles. The molecule has 0 amide bonds. The standard InChI is InChI=1S/C39H49N3O20S6/c1-28-26-33(67(57,58)59)16-18-37(28)41(20-6-24-65(51,52)53)31(8-4-22-63(45,46)47)14-12-30(35-10-3-11-36(40-35)39(43)44)13-15-32(9-5-23-64(48,49)50)42(21-7-25-66(54,55)56)38-19-17-34(27-29(38)2)68(60,61)62/h3,10-19,26-27H,4-9,20-25H2,1-2H3,(H6-,43,44,45,46,47,48,49,50,51,52,53,54,55,56,57,58,59,60,61,62)/p+1. The lowest BCUT2D eigenvalue weighted by molar-refractivity contribution is -0.441. The van der Waals surface area contributed by atoms with Crippen LogP contribution in [0.2, 0.25) is 0 Å². The van der Waals surface area contributed by atoms with Gasteiger partial charge in [-0.2, -0.15) is 55.1 Å². The van der Waals surface area contributed by atoms with Gasteiger partial charge in [0.2, 0.25) is 5.69 Å². The number of aromatic carboxylic acids is 1. The van der Waals surface area contributed by atoms with Crippen LogP contribution in [0.4, 0.5) is 11.4 Å². The molecule has 1 heterocycles. The minimum absolute atomic E-state index is 0.0369. The molecule has 0 aliphatic rings. The van der Waals surface area contributed by atoms with Crippen molar-refractivity contribution in [1.82, 2.24) is 4.98 Å². The largest absolute Gasteiger partial charge is 0.477 e. The summed E-state index contributed by atoms with van der Waals surface area (Å²) in [5, 5.41) is 9.83. The van der Waals surface area contributed by atoms with Crippen molar-refractivity contribution in [3.8, 4) is 0 Å². The number of hydrogen-bond acceptors (Lipinski definition) is 15. The van der Waals surface area contributed by atoms with E-state index in [1.165, 1.54) is 78.0 Å². The molecule has 0 unspecified atom stereocenters. The van der Waals surface area contributed by atoms with Gasteiger partial charge in [0.25, 0.3) is 60.7 Å². The number of benzene rings is 2. The lowest BCUT2D eigenvalue weighted by Crippen LogP contribution is -2.27. The molecule has 0 aliphatic heterocycles. The van der Waals surface area contributed by atoms with E-state index in [1.807, 2.05) is 0 Å². The first-order valence-corrected chi connectivity index (χ1v) is 29.1. The van der Waals surface area contributed by atoms with E-state index >= 15 is 0 Å². The predicted octanol–water partition coefficient (Wildman–Crippen LogP) is 3.90. The topological polar surface area (TPSA) is 383 Å². The monoisotopic (exact) mass is 1070 g/mol. The molecule has 0 fully saturated rings. The van der Waals surface area contributed by atoms with Crippen LogP contribution in [0.1, 0.15) is 65.8 Å². The number of hydrogen-bond donors (Lipinski definition) is 7. The van der Waals surface area contributed by atoms with Crippen molar-refractivity contribution in [3.05, 3.63) is 107 Å². The molecule has 0 bridgehead atoms. The van der Waals surface area contributed by atoms with Crippen LogP contribution in [0.15, 0.2) is 94.4 Å². The summed E-state index contributed by atoms with van der Waals surface area (Å²) in [7, 11) is -27.6. The Hall–Kier alpha value is -4.79. The first-order chi connectivity index (χ1) is 31.1. The number of carbonyl (C=O) groups is 1. The van der Waals surface area contributed by atoms with Crippen molar-refractivity contribution in [1.29, 1.82) is 0 Å². The fourth-order valence-electron chi connectivity index (χ4n) is 6.63. The summed E-state index contributed by atoms with van der Waals surface area (Å²) >= 11 is 0. The first-order valence-electron chi connectivity index (χ1n) is 19.8. The van der Waals surface area contributed by atoms with Gasteiger partial charge in [0.05, 0.1) is 38.5 Å². The van der Waals surface area contributed by atoms with E-state index in [2.05, 4.69) is 4.98 Å². The van der Waals surface area contributed by atoms with Gasteiger partial charge in [0, 0.05) is 54.0 Å². The molecule has 3 aromatic rings. The molecular weight excluding hydrogens is 1020 g/mol. The molecule has 1 aromatic heterocycles. The SMILES string of the molecule is Cc1cc(S(=O)(=O)O)ccc1N(CCCS(=O)(=O)O)/C(=C/C=C(/C=C/C(CCCS(=O)(=O)O)=[N+](\CCCS(=O)(=O)O)c1ccc(S(=O)(=O)O)cc1C)c1cccc(C(=O)O)n1)CCCS(=O)(=O)O. The zero-order valence-electron chi connectivity index (χ0n) is 36.2. The summed E-state index contributed by atoms with van der Waals surface area (Å²) in [5.41, 5.74) is 0.693. The number of carboxylic acids is 1. The van der Waals surface area contributed by atoms with Gasteiger partial charge in [-0.05, 0) is 99.7 Å². The molecule has 376 valence electrons. The summed E-state index contributed by atoms with van der Waals surface area (Å²) in [6.45, 7) is 2.41. The van der Waals surface area contributed by atoms with Crippen molar-refractivity contribution in [2.24, 2.45) is 0 Å². The third-order valence-electron chi connectivity index (χ3n) is 9.62. The maximum absolute atomic E-state index is 12.1. The normalized spacial score (nSPS) is 14.0. The van der Waals surface area contributed by atoms with Gasteiger partial charge in [-0.15, -0.1) is 0 Å². The van der Waals surface area contributed by atoms with Gasteiger partial charge in [0.15, 0.2) is 5.71 Å². The van der Waals surface area contributed by atoms with Crippen LogP contribution in [0.3, 0.4) is 0 Å². The highest BCUT2D eigenvalue weighted by molar-refractivity contribution is 7.87. The van der Waals surface area contributed by atoms with Gasteiger partial charge >= 0.3 is 5.97 Å². The summed E-state index contributed by atoms with van der Waals surface area (Å²) in [6, 6.07) is 10.7. The molecule has 0 spiro atoms. The van der Waals surface area contributed by atoms with E-state index in [-0.39, 0.29) is 96.8 Å². The Labute approximate surface area is 394 Å². The number of anilines is 1. The Kier molecular flexibility index (Phi) is 20.0. The van der Waals surface area contributed by atoms with Gasteiger partial charge < -0.3 is 10.0 Å². The predicted molar refractivity (Wildman–Crippen MR) is 249 cm³/mol. The number of aromatic nitrogens is 1. The molecule has 7 N–H and O–H groups in total. The smallest absolute Gasteiger partial charge is 0.354 e. The van der Waals surface area contributed by atoms with Crippen molar-refractivity contribution in [2.45, 2.75) is 62.2 Å². The maximum atomic E-state index is 12.1. The minimum Gasteiger partial charge on any atom is -0.477 e. The van der Waals surface area contributed by atoms with E-state index < -0.39 is 105 Å². The van der Waals surface area contributed by atoms with Crippen LogP contribution in [-0.4, -0.2) is 140 Å².